The molecular weight excluding hydrogens is 192 g/mol. The number of thiazole rings is 1. The standard InChI is InChI=1S/C7H12N2OS2/c1-11-3-2-5(10)6-4-9-7(8)12-6/h4-5,10H,2-3H2,1H3,(H2,8,9). The first-order chi connectivity index (χ1) is 5.74. The smallest absolute Gasteiger partial charge is 0.180 e. The number of aliphatic hydroxyl groups is 1. The highest BCUT2D eigenvalue weighted by molar-refractivity contribution is 7.98. The Bertz CT molecular complexity index is 239. The predicted molar refractivity (Wildman–Crippen MR) is 54.5 cm³/mol. The first-order valence-electron chi connectivity index (χ1n) is 3.62. The lowest BCUT2D eigenvalue weighted by atomic mass is 10.2. The minimum absolute atomic E-state index is 0.396. The lowest BCUT2D eigenvalue weighted by Gasteiger charge is -2.04. The summed E-state index contributed by atoms with van der Waals surface area (Å²) >= 11 is 3.08. The van der Waals surface area contributed by atoms with E-state index in [1.807, 2.05) is 6.26 Å². The Hall–Kier alpha value is -0.260. The van der Waals surface area contributed by atoms with E-state index < -0.39 is 6.10 Å². The third-order valence-electron chi connectivity index (χ3n) is 1.47. The van der Waals surface area contributed by atoms with Crippen LogP contribution < -0.4 is 5.73 Å². The van der Waals surface area contributed by atoms with Crippen LogP contribution in [0.15, 0.2) is 6.20 Å². The van der Waals surface area contributed by atoms with Crippen LogP contribution >= 0.6 is 23.1 Å². The molecule has 12 heavy (non-hydrogen) atoms. The Morgan fingerprint density at radius 1 is 1.83 bits per heavy atom. The maximum absolute atomic E-state index is 9.57. The second-order valence-electron chi connectivity index (χ2n) is 2.40. The molecule has 1 rings (SSSR count). The van der Waals surface area contributed by atoms with Crippen molar-refractivity contribution in [1.29, 1.82) is 0 Å². The van der Waals surface area contributed by atoms with Gasteiger partial charge in [-0.25, -0.2) is 4.98 Å². The summed E-state index contributed by atoms with van der Waals surface area (Å²) in [5.41, 5.74) is 5.44. The minimum Gasteiger partial charge on any atom is -0.387 e. The van der Waals surface area contributed by atoms with E-state index in [1.165, 1.54) is 11.3 Å². The van der Waals surface area contributed by atoms with Gasteiger partial charge < -0.3 is 10.8 Å². The number of nitrogens with two attached hydrogens (primary N) is 1. The van der Waals surface area contributed by atoms with Crippen LogP contribution in [0.1, 0.15) is 17.4 Å². The highest BCUT2D eigenvalue weighted by atomic mass is 32.2. The summed E-state index contributed by atoms with van der Waals surface area (Å²) in [4.78, 5) is 4.74. The monoisotopic (exact) mass is 204 g/mol. The van der Waals surface area contributed by atoms with Crippen molar-refractivity contribution in [2.45, 2.75) is 12.5 Å². The number of aromatic nitrogens is 1. The molecule has 1 aromatic heterocycles. The van der Waals surface area contributed by atoms with Gasteiger partial charge in [-0.1, -0.05) is 11.3 Å². The molecule has 3 nitrogen and oxygen atoms in total. The molecule has 5 heteroatoms. The van der Waals surface area contributed by atoms with Crippen LogP contribution in [0, 0.1) is 0 Å². The zero-order valence-corrected chi connectivity index (χ0v) is 8.49. The zero-order valence-electron chi connectivity index (χ0n) is 6.86. The zero-order chi connectivity index (χ0) is 8.97. The molecule has 0 aliphatic rings. The Morgan fingerprint density at radius 2 is 2.58 bits per heavy atom. The quantitative estimate of drug-likeness (QED) is 0.780. The Labute approximate surface area is 80.0 Å². The summed E-state index contributed by atoms with van der Waals surface area (Å²) in [6, 6.07) is 0. The van der Waals surface area contributed by atoms with Gasteiger partial charge in [0.2, 0.25) is 0 Å². The second-order valence-corrected chi connectivity index (χ2v) is 4.48. The summed E-state index contributed by atoms with van der Waals surface area (Å²) in [6.45, 7) is 0. The van der Waals surface area contributed by atoms with Gasteiger partial charge in [-0.15, -0.1) is 0 Å². The van der Waals surface area contributed by atoms with Gasteiger partial charge in [0.1, 0.15) is 0 Å². The molecule has 0 bridgehead atoms. The number of hydrogen-bond acceptors (Lipinski definition) is 5. The van der Waals surface area contributed by atoms with E-state index in [0.29, 0.717) is 5.13 Å². The SMILES string of the molecule is CSCCC(O)c1cnc(N)s1. The number of anilines is 1. The van der Waals surface area contributed by atoms with E-state index in [9.17, 15) is 5.11 Å². The fourth-order valence-corrected chi connectivity index (χ4v) is 1.99. The van der Waals surface area contributed by atoms with Gasteiger partial charge in [0.25, 0.3) is 0 Å². The van der Waals surface area contributed by atoms with E-state index in [-0.39, 0.29) is 0 Å². The van der Waals surface area contributed by atoms with Crippen LogP contribution in [0.25, 0.3) is 0 Å². The number of nitrogen functional groups attached to an aromatic ring is 1. The highest BCUT2D eigenvalue weighted by Gasteiger charge is 2.09. The first-order valence-corrected chi connectivity index (χ1v) is 5.83. The Kier molecular flexibility index (Phi) is 3.84. The second kappa shape index (κ2) is 4.69. The van der Waals surface area contributed by atoms with Gasteiger partial charge in [-0.2, -0.15) is 11.8 Å². The fraction of sp³-hybridized carbons (Fsp3) is 0.571. The predicted octanol–water partition coefficient (Wildman–Crippen LogP) is 1.51. The summed E-state index contributed by atoms with van der Waals surface area (Å²) < 4.78 is 0. The van der Waals surface area contributed by atoms with Gasteiger partial charge in [-0.05, 0) is 18.4 Å². The van der Waals surface area contributed by atoms with E-state index in [0.717, 1.165) is 17.1 Å². The average Bonchev–Trinajstić information content (AvgIpc) is 2.47. The number of nitrogens with zero attached hydrogens (tertiary/aromatic N) is 1. The third kappa shape index (κ3) is 2.66. The molecule has 0 aliphatic heterocycles. The minimum atomic E-state index is -0.396. The number of hydrogen-bond donors (Lipinski definition) is 2. The summed E-state index contributed by atoms with van der Waals surface area (Å²) in [7, 11) is 0. The topological polar surface area (TPSA) is 59.1 Å². The maximum Gasteiger partial charge on any atom is 0.180 e. The van der Waals surface area contributed by atoms with E-state index in [1.54, 1.807) is 18.0 Å². The number of aliphatic hydroxyl groups excluding tert-OH is 1. The molecule has 1 atom stereocenters. The molecule has 68 valence electrons. The first kappa shape index (κ1) is 9.83. The number of thioether (sulfide) groups is 1. The molecule has 1 heterocycles. The maximum atomic E-state index is 9.57. The lowest BCUT2D eigenvalue weighted by molar-refractivity contribution is 0.178. The van der Waals surface area contributed by atoms with Crippen molar-refractivity contribution in [1.82, 2.24) is 4.98 Å². The van der Waals surface area contributed by atoms with Crippen LogP contribution in [0.3, 0.4) is 0 Å². The van der Waals surface area contributed by atoms with Gasteiger partial charge in [0, 0.05) is 6.20 Å². The van der Waals surface area contributed by atoms with Crippen molar-refractivity contribution < 1.29 is 5.11 Å². The summed E-state index contributed by atoms with van der Waals surface area (Å²) in [5.74, 6) is 0.957. The van der Waals surface area contributed by atoms with E-state index in [4.69, 9.17) is 5.73 Å². The molecule has 0 aromatic carbocycles. The normalized spacial score (nSPS) is 13.2. The third-order valence-corrected chi connectivity index (χ3v) is 3.04. The Morgan fingerprint density at radius 3 is 3.08 bits per heavy atom. The van der Waals surface area contributed by atoms with Crippen LogP contribution in [-0.4, -0.2) is 22.1 Å². The molecule has 1 aromatic rings. The van der Waals surface area contributed by atoms with Crippen LogP contribution in [-0.2, 0) is 0 Å². The largest absolute Gasteiger partial charge is 0.387 e. The molecule has 0 saturated carbocycles. The van der Waals surface area contributed by atoms with Crippen molar-refractivity contribution in [3.8, 4) is 0 Å². The van der Waals surface area contributed by atoms with Crippen molar-refractivity contribution in [3.63, 3.8) is 0 Å². The van der Waals surface area contributed by atoms with E-state index >= 15 is 0 Å². The fourth-order valence-electron chi connectivity index (χ4n) is 0.826. The van der Waals surface area contributed by atoms with Crippen molar-refractivity contribution in [3.05, 3.63) is 11.1 Å². The molecule has 0 radical (unpaired) electrons. The lowest BCUT2D eigenvalue weighted by Crippen LogP contribution is -1.95. The van der Waals surface area contributed by atoms with Gasteiger partial charge in [-0.3, -0.25) is 0 Å². The molecule has 0 spiro atoms. The molecular formula is C7H12N2OS2. The molecule has 0 aliphatic carbocycles. The van der Waals surface area contributed by atoms with Crippen LogP contribution in [0.4, 0.5) is 5.13 Å². The number of rotatable bonds is 4. The van der Waals surface area contributed by atoms with Gasteiger partial charge in [0.15, 0.2) is 5.13 Å². The van der Waals surface area contributed by atoms with Crippen LogP contribution in [0.5, 0.6) is 0 Å². The van der Waals surface area contributed by atoms with Gasteiger partial charge in [0.05, 0.1) is 11.0 Å². The molecule has 1 unspecified atom stereocenters. The van der Waals surface area contributed by atoms with Crippen molar-refractivity contribution >= 4 is 28.2 Å². The molecule has 0 fully saturated rings. The average molecular weight is 204 g/mol. The molecule has 3 N–H and O–H groups in total. The molecule has 0 saturated heterocycles. The Balaban J connectivity index is 2.47. The van der Waals surface area contributed by atoms with Gasteiger partial charge >= 0.3 is 0 Å². The summed E-state index contributed by atoms with van der Waals surface area (Å²) in [6.07, 6.45) is 4.04. The highest BCUT2D eigenvalue weighted by Crippen LogP contribution is 2.25. The van der Waals surface area contributed by atoms with Crippen LogP contribution in [0.2, 0.25) is 0 Å². The van der Waals surface area contributed by atoms with Crippen molar-refractivity contribution in [2.75, 3.05) is 17.7 Å². The van der Waals surface area contributed by atoms with Crippen molar-refractivity contribution in [2.24, 2.45) is 0 Å². The van der Waals surface area contributed by atoms with E-state index in [2.05, 4.69) is 4.98 Å². The molecule has 0 amide bonds. The summed E-state index contributed by atoms with van der Waals surface area (Å²) in [5, 5.41) is 10.1.